The van der Waals surface area contributed by atoms with E-state index in [9.17, 15) is 9.59 Å². The number of amides is 2. The minimum Gasteiger partial charge on any atom is -0.482 e. The van der Waals surface area contributed by atoms with Crippen LogP contribution >= 0.6 is 23.4 Å². The quantitative estimate of drug-likeness (QED) is 0.456. The fourth-order valence-electron chi connectivity index (χ4n) is 2.95. The van der Waals surface area contributed by atoms with E-state index in [0.717, 1.165) is 16.8 Å². The second-order valence-electron chi connectivity index (χ2n) is 7.21. The highest BCUT2D eigenvalue weighted by molar-refractivity contribution is 8.18. The minimum absolute atomic E-state index is 0.174. The maximum Gasteiger partial charge on any atom is 0.264 e. The van der Waals surface area contributed by atoms with Crippen LogP contribution in [0.15, 0.2) is 82.7 Å². The zero-order valence-corrected chi connectivity index (χ0v) is 19.2. The lowest BCUT2D eigenvalue weighted by atomic mass is 10.2. The van der Waals surface area contributed by atoms with Gasteiger partial charge in [0.1, 0.15) is 5.75 Å². The topological polar surface area (TPSA) is 79.8 Å². The molecule has 0 bridgehead atoms. The predicted molar refractivity (Wildman–Crippen MR) is 134 cm³/mol. The van der Waals surface area contributed by atoms with Crippen LogP contribution in [0.2, 0.25) is 5.02 Å². The number of nitrogens with zero attached hydrogens (tertiary/aromatic N) is 1. The van der Waals surface area contributed by atoms with E-state index in [0.29, 0.717) is 26.5 Å². The molecule has 6 nitrogen and oxygen atoms in total. The van der Waals surface area contributed by atoms with E-state index in [4.69, 9.17) is 16.3 Å². The summed E-state index contributed by atoms with van der Waals surface area (Å²) >= 11 is 7.59. The third-order valence-corrected chi connectivity index (χ3v) is 5.79. The van der Waals surface area contributed by atoms with Crippen LogP contribution < -0.4 is 15.4 Å². The molecule has 2 amide bonds. The summed E-state index contributed by atoms with van der Waals surface area (Å²) in [5.41, 5.74) is 3.33. The number of hydrogen-bond donors (Lipinski definition) is 2. The van der Waals surface area contributed by atoms with Gasteiger partial charge in [-0.3, -0.25) is 9.59 Å². The van der Waals surface area contributed by atoms with Gasteiger partial charge in [0.25, 0.3) is 11.8 Å². The molecule has 33 heavy (non-hydrogen) atoms. The molecular formula is C25H20ClN3O3S. The van der Waals surface area contributed by atoms with Crippen LogP contribution in [0.5, 0.6) is 5.75 Å². The summed E-state index contributed by atoms with van der Waals surface area (Å²) in [6.45, 7) is 1.83. The molecule has 1 saturated heterocycles. The van der Waals surface area contributed by atoms with Gasteiger partial charge < -0.3 is 15.4 Å². The Kier molecular flexibility index (Phi) is 7.12. The standard InChI is InChI=1S/C25H20ClN3O3S/c1-16-7-10-19(11-8-16)28-25-29-24(31)22(33-25)14-17-9-12-21(20(26)13-17)32-15-23(30)27-18-5-3-2-4-6-18/h2-14H,15H2,1H3,(H,27,30)(H,28,29,31). The lowest BCUT2D eigenvalue weighted by Crippen LogP contribution is -2.20. The highest BCUT2D eigenvalue weighted by atomic mass is 35.5. The molecule has 0 radical (unpaired) electrons. The van der Waals surface area contributed by atoms with Gasteiger partial charge in [-0.2, -0.15) is 0 Å². The van der Waals surface area contributed by atoms with Gasteiger partial charge in [0.2, 0.25) is 0 Å². The van der Waals surface area contributed by atoms with E-state index in [1.165, 1.54) is 11.8 Å². The highest BCUT2D eigenvalue weighted by Crippen LogP contribution is 2.31. The summed E-state index contributed by atoms with van der Waals surface area (Å²) in [6, 6.07) is 22.0. The Morgan fingerprint density at radius 2 is 1.88 bits per heavy atom. The molecule has 0 spiro atoms. The first-order valence-corrected chi connectivity index (χ1v) is 11.3. The smallest absolute Gasteiger partial charge is 0.264 e. The second-order valence-corrected chi connectivity index (χ2v) is 8.65. The van der Waals surface area contributed by atoms with Crippen molar-refractivity contribution in [1.29, 1.82) is 0 Å². The third kappa shape index (κ3) is 6.25. The van der Waals surface area contributed by atoms with Crippen LogP contribution in [0.25, 0.3) is 6.08 Å². The molecule has 0 atom stereocenters. The average Bonchev–Trinajstić information content (AvgIpc) is 3.14. The van der Waals surface area contributed by atoms with Crippen molar-refractivity contribution in [2.24, 2.45) is 4.99 Å². The fraction of sp³-hybridized carbons (Fsp3) is 0.0800. The Morgan fingerprint density at radius 3 is 2.61 bits per heavy atom. The fourth-order valence-corrected chi connectivity index (χ4v) is 4.04. The van der Waals surface area contributed by atoms with Gasteiger partial charge in [0.15, 0.2) is 11.8 Å². The van der Waals surface area contributed by atoms with Gasteiger partial charge in [0.05, 0.1) is 15.6 Å². The first-order valence-electron chi connectivity index (χ1n) is 10.1. The summed E-state index contributed by atoms with van der Waals surface area (Å²) in [7, 11) is 0. The molecule has 0 unspecified atom stereocenters. The molecule has 1 fully saturated rings. The molecule has 1 aliphatic rings. The Morgan fingerprint density at radius 1 is 1.12 bits per heavy atom. The molecule has 3 aromatic rings. The number of ether oxygens (including phenoxy) is 1. The molecule has 1 aliphatic heterocycles. The van der Waals surface area contributed by atoms with Crippen LogP contribution in [0.3, 0.4) is 0 Å². The van der Waals surface area contributed by atoms with Crippen LogP contribution in [-0.2, 0) is 9.59 Å². The van der Waals surface area contributed by atoms with E-state index >= 15 is 0 Å². The van der Waals surface area contributed by atoms with Crippen LogP contribution in [0, 0.1) is 6.92 Å². The summed E-state index contributed by atoms with van der Waals surface area (Å²) in [5.74, 6) is -0.130. The Labute approximate surface area is 200 Å². The number of amidine groups is 1. The Hall–Kier alpha value is -3.55. The van der Waals surface area contributed by atoms with Crippen molar-refractivity contribution in [2.45, 2.75) is 6.92 Å². The molecule has 0 aliphatic carbocycles. The molecule has 166 valence electrons. The van der Waals surface area contributed by atoms with E-state index < -0.39 is 0 Å². The van der Waals surface area contributed by atoms with Gasteiger partial charge in [0, 0.05) is 5.69 Å². The van der Waals surface area contributed by atoms with Crippen LogP contribution in [-0.4, -0.2) is 23.6 Å². The number of para-hydroxylation sites is 1. The number of halogens is 1. The van der Waals surface area contributed by atoms with Gasteiger partial charge in [-0.15, -0.1) is 0 Å². The van der Waals surface area contributed by atoms with Crippen molar-refractivity contribution in [1.82, 2.24) is 5.32 Å². The number of hydrogen-bond acceptors (Lipinski definition) is 5. The monoisotopic (exact) mass is 477 g/mol. The number of aryl methyl sites for hydroxylation is 1. The van der Waals surface area contributed by atoms with Crippen molar-refractivity contribution >= 4 is 57.8 Å². The summed E-state index contributed by atoms with van der Waals surface area (Å²) in [5, 5.41) is 6.38. The maximum atomic E-state index is 12.3. The normalized spacial score (nSPS) is 15.5. The molecule has 0 saturated carbocycles. The molecule has 2 N–H and O–H groups in total. The number of carbonyl (C=O) groups excluding carboxylic acids is 2. The van der Waals surface area contributed by atoms with Crippen molar-refractivity contribution < 1.29 is 14.3 Å². The molecule has 4 rings (SSSR count). The number of aliphatic imine (C=N–C) groups is 1. The van der Waals surface area contributed by atoms with Gasteiger partial charge in [-0.25, -0.2) is 4.99 Å². The van der Waals surface area contributed by atoms with Crippen molar-refractivity contribution in [3.8, 4) is 5.75 Å². The molecule has 3 aromatic carbocycles. The van der Waals surface area contributed by atoms with Gasteiger partial charge >= 0.3 is 0 Å². The first kappa shape index (κ1) is 22.6. The lowest BCUT2D eigenvalue weighted by Gasteiger charge is -2.09. The number of benzene rings is 3. The third-order valence-electron chi connectivity index (χ3n) is 4.59. The molecular weight excluding hydrogens is 458 g/mol. The number of thioether (sulfide) groups is 1. The van der Waals surface area contributed by atoms with Gasteiger partial charge in [-0.05, 0) is 66.7 Å². The summed E-state index contributed by atoms with van der Waals surface area (Å²) in [4.78, 5) is 29.4. The van der Waals surface area contributed by atoms with E-state index in [1.807, 2.05) is 49.4 Å². The SMILES string of the molecule is Cc1ccc(N=C2NC(=O)C(=Cc3ccc(OCC(=O)Nc4ccccc4)c(Cl)c3)S2)cc1. The largest absolute Gasteiger partial charge is 0.482 e. The Bertz CT molecular complexity index is 1240. The number of nitrogens with one attached hydrogen (secondary N) is 2. The first-order chi connectivity index (χ1) is 16.0. The van der Waals surface area contributed by atoms with Crippen molar-refractivity contribution in [3.05, 3.63) is 93.9 Å². The lowest BCUT2D eigenvalue weighted by molar-refractivity contribution is -0.118. The second kappa shape index (κ2) is 10.4. The summed E-state index contributed by atoms with van der Waals surface area (Å²) < 4.78 is 5.54. The average molecular weight is 478 g/mol. The molecule has 8 heteroatoms. The number of anilines is 1. The zero-order chi connectivity index (χ0) is 23.2. The van der Waals surface area contributed by atoms with Crippen LogP contribution in [0.1, 0.15) is 11.1 Å². The van der Waals surface area contributed by atoms with E-state index in [1.54, 1.807) is 36.4 Å². The predicted octanol–water partition coefficient (Wildman–Crippen LogP) is 5.56. The number of rotatable bonds is 6. The zero-order valence-electron chi connectivity index (χ0n) is 17.7. The van der Waals surface area contributed by atoms with Crippen LogP contribution in [0.4, 0.5) is 11.4 Å². The van der Waals surface area contributed by atoms with Gasteiger partial charge in [-0.1, -0.05) is 53.6 Å². The maximum absolute atomic E-state index is 12.3. The molecule has 0 aromatic heterocycles. The minimum atomic E-state index is -0.289. The Balaban J connectivity index is 1.38. The van der Waals surface area contributed by atoms with Crippen molar-refractivity contribution in [2.75, 3.05) is 11.9 Å². The van der Waals surface area contributed by atoms with E-state index in [2.05, 4.69) is 15.6 Å². The summed E-state index contributed by atoms with van der Waals surface area (Å²) in [6.07, 6.45) is 1.73. The highest BCUT2D eigenvalue weighted by Gasteiger charge is 2.24. The number of carbonyl (C=O) groups is 2. The van der Waals surface area contributed by atoms with E-state index in [-0.39, 0.29) is 18.4 Å². The van der Waals surface area contributed by atoms with Crippen molar-refractivity contribution in [3.63, 3.8) is 0 Å². The molecule has 1 heterocycles.